The Hall–Kier alpha value is -4.08. The lowest BCUT2D eigenvalue weighted by atomic mass is 10.1. The molecule has 2 aromatic heterocycles. The summed E-state index contributed by atoms with van der Waals surface area (Å²) >= 11 is 0. The maximum atomic E-state index is 13.4. The Labute approximate surface area is 183 Å². The van der Waals surface area contributed by atoms with Crippen LogP contribution in [0.5, 0.6) is 5.75 Å². The smallest absolute Gasteiger partial charge is 0.227 e. The topological polar surface area (TPSA) is 119 Å². The van der Waals surface area contributed by atoms with Gasteiger partial charge in [-0.15, -0.1) is 0 Å². The zero-order chi connectivity index (χ0) is 22.5. The van der Waals surface area contributed by atoms with Crippen molar-refractivity contribution in [3.05, 3.63) is 65.6 Å². The van der Waals surface area contributed by atoms with E-state index in [0.717, 1.165) is 11.3 Å². The van der Waals surface area contributed by atoms with Crippen LogP contribution in [-0.2, 0) is 17.8 Å². The van der Waals surface area contributed by atoms with E-state index in [1.165, 1.54) is 6.07 Å². The van der Waals surface area contributed by atoms with Crippen LogP contribution in [-0.4, -0.2) is 38.3 Å². The van der Waals surface area contributed by atoms with Gasteiger partial charge in [0.2, 0.25) is 17.6 Å². The van der Waals surface area contributed by atoms with Gasteiger partial charge in [0.15, 0.2) is 5.82 Å². The summed E-state index contributed by atoms with van der Waals surface area (Å²) in [5.41, 5.74) is 1.99. The van der Waals surface area contributed by atoms with E-state index < -0.39 is 0 Å². The number of carbonyl (C=O) groups excluding carboxylic acids is 1. The Bertz CT molecular complexity index is 1220. The molecule has 0 bridgehead atoms. The molecule has 4 aromatic rings. The molecule has 2 heterocycles. The van der Waals surface area contributed by atoms with Crippen LogP contribution in [0.15, 0.2) is 47.0 Å². The van der Waals surface area contributed by atoms with Gasteiger partial charge in [0, 0.05) is 24.0 Å². The van der Waals surface area contributed by atoms with Crippen LogP contribution in [0, 0.1) is 12.7 Å². The van der Waals surface area contributed by atoms with Crippen LogP contribution in [0.4, 0.5) is 4.39 Å². The molecule has 0 aliphatic carbocycles. The minimum absolute atomic E-state index is 0.170. The Morgan fingerprint density at radius 1 is 1.12 bits per heavy atom. The Morgan fingerprint density at radius 3 is 2.66 bits per heavy atom. The highest BCUT2D eigenvalue weighted by Gasteiger charge is 2.13. The first-order chi connectivity index (χ1) is 15.5. The average Bonchev–Trinajstić information content (AvgIpc) is 3.48. The zero-order valence-electron chi connectivity index (χ0n) is 17.6. The Morgan fingerprint density at radius 2 is 1.91 bits per heavy atom. The van der Waals surface area contributed by atoms with Crippen LogP contribution in [0.25, 0.3) is 22.8 Å². The molecule has 0 atom stereocenters. The highest BCUT2D eigenvalue weighted by Crippen LogP contribution is 2.20. The molecule has 10 heteroatoms. The maximum absolute atomic E-state index is 13.4. The predicted octanol–water partition coefficient (Wildman–Crippen LogP) is 3.23. The van der Waals surface area contributed by atoms with E-state index in [0.29, 0.717) is 34.5 Å². The third-order valence-corrected chi connectivity index (χ3v) is 4.78. The summed E-state index contributed by atoms with van der Waals surface area (Å²) in [7, 11) is 1.60. The van der Waals surface area contributed by atoms with Crippen molar-refractivity contribution in [1.82, 2.24) is 30.6 Å². The number of hydrogen-bond acceptors (Lipinski definition) is 7. The number of hydrogen-bond donors (Lipinski definition) is 2. The number of carbonyl (C=O) groups is 1. The van der Waals surface area contributed by atoms with Gasteiger partial charge in [-0.05, 0) is 55.0 Å². The second kappa shape index (κ2) is 9.38. The number of ether oxygens (including phenoxy) is 1. The van der Waals surface area contributed by atoms with Crippen molar-refractivity contribution in [3.63, 3.8) is 0 Å². The van der Waals surface area contributed by atoms with Crippen LogP contribution >= 0.6 is 0 Å². The van der Waals surface area contributed by atoms with Crippen molar-refractivity contribution >= 4 is 5.91 Å². The zero-order valence-corrected chi connectivity index (χ0v) is 17.6. The van der Waals surface area contributed by atoms with Gasteiger partial charge in [0.25, 0.3) is 0 Å². The highest BCUT2D eigenvalue weighted by molar-refractivity contribution is 5.76. The Balaban J connectivity index is 1.27. The molecule has 32 heavy (non-hydrogen) atoms. The lowest BCUT2D eigenvalue weighted by Gasteiger charge is -2.01. The normalized spacial score (nSPS) is 10.8. The molecule has 0 fully saturated rings. The summed E-state index contributed by atoms with van der Waals surface area (Å²) in [5, 5.41) is 13.7. The molecule has 9 nitrogen and oxygen atoms in total. The number of aromatic amines is 1. The van der Waals surface area contributed by atoms with E-state index in [4.69, 9.17) is 9.26 Å². The first-order valence-corrected chi connectivity index (χ1v) is 9.93. The van der Waals surface area contributed by atoms with Crippen molar-refractivity contribution in [2.75, 3.05) is 7.11 Å². The summed E-state index contributed by atoms with van der Waals surface area (Å²) in [6.45, 7) is 1.88. The molecule has 4 rings (SSSR count). The number of nitrogens with zero attached hydrogens (tertiary/aromatic N) is 4. The molecule has 0 spiro atoms. The Kier molecular flexibility index (Phi) is 6.20. The van der Waals surface area contributed by atoms with Gasteiger partial charge < -0.3 is 14.6 Å². The van der Waals surface area contributed by atoms with Gasteiger partial charge in [0.1, 0.15) is 17.4 Å². The number of aryl methyl sites for hydroxylation is 2. The summed E-state index contributed by atoms with van der Waals surface area (Å²) in [5.74, 6) is 2.02. The van der Waals surface area contributed by atoms with Crippen molar-refractivity contribution in [3.8, 4) is 28.5 Å². The SMILES string of the molecule is COc1ccc(-c2n[nH]c(CNC(=O)CCc3nc(-c4ccc(F)c(C)c4)no3)n2)cc1. The number of nitrogens with one attached hydrogen (secondary N) is 2. The summed E-state index contributed by atoms with van der Waals surface area (Å²) in [6, 6.07) is 12.0. The largest absolute Gasteiger partial charge is 0.497 e. The number of aromatic nitrogens is 5. The maximum Gasteiger partial charge on any atom is 0.227 e. The second-order valence-electron chi connectivity index (χ2n) is 7.09. The predicted molar refractivity (Wildman–Crippen MR) is 113 cm³/mol. The van der Waals surface area contributed by atoms with Gasteiger partial charge in [0.05, 0.1) is 13.7 Å². The first-order valence-electron chi connectivity index (χ1n) is 9.93. The molecule has 1 amide bonds. The van der Waals surface area contributed by atoms with Gasteiger partial charge in [-0.1, -0.05) is 5.16 Å². The van der Waals surface area contributed by atoms with E-state index >= 15 is 0 Å². The third kappa shape index (κ3) is 4.97. The quantitative estimate of drug-likeness (QED) is 0.435. The van der Waals surface area contributed by atoms with E-state index in [2.05, 4.69) is 30.6 Å². The number of methoxy groups -OCH3 is 1. The summed E-state index contributed by atoms with van der Waals surface area (Å²) < 4.78 is 23.8. The molecule has 0 aliphatic heterocycles. The molecule has 2 N–H and O–H groups in total. The number of halogens is 1. The van der Waals surface area contributed by atoms with Crippen molar-refractivity contribution in [2.45, 2.75) is 26.3 Å². The number of amides is 1. The van der Waals surface area contributed by atoms with Gasteiger partial charge in [-0.25, -0.2) is 9.37 Å². The minimum atomic E-state index is -0.294. The van der Waals surface area contributed by atoms with Crippen molar-refractivity contribution in [2.24, 2.45) is 0 Å². The standard InChI is InChI=1S/C22H21FN6O3/c1-13-11-15(5-8-17(13)23)22-26-20(32-29-22)10-9-19(30)24-12-18-25-21(28-27-18)14-3-6-16(31-2)7-4-14/h3-8,11H,9-10,12H2,1-2H3,(H,24,30)(H,25,27,28). The highest BCUT2D eigenvalue weighted by atomic mass is 19.1. The lowest BCUT2D eigenvalue weighted by molar-refractivity contribution is -0.121. The molecule has 0 saturated heterocycles. The van der Waals surface area contributed by atoms with E-state index in [-0.39, 0.29) is 31.1 Å². The summed E-state index contributed by atoms with van der Waals surface area (Å²) in [6.07, 6.45) is 0.454. The molecule has 2 aromatic carbocycles. The van der Waals surface area contributed by atoms with E-state index in [9.17, 15) is 9.18 Å². The number of benzene rings is 2. The fourth-order valence-corrected chi connectivity index (χ4v) is 2.99. The van der Waals surface area contributed by atoms with Crippen LogP contribution in [0.3, 0.4) is 0 Å². The van der Waals surface area contributed by atoms with E-state index in [1.807, 2.05) is 24.3 Å². The summed E-state index contributed by atoms with van der Waals surface area (Å²) in [4.78, 5) is 20.8. The molecule has 0 aliphatic rings. The van der Waals surface area contributed by atoms with Crippen LogP contribution < -0.4 is 10.1 Å². The third-order valence-electron chi connectivity index (χ3n) is 4.78. The fourth-order valence-electron chi connectivity index (χ4n) is 2.99. The van der Waals surface area contributed by atoms with Gasteiger partial charge in [-0.2, -0.15) is 10.1 Å². The minimum Gasteiger partial charge on any atom is -0.497 e. The lowest BCUT2D eigenvalue weighted by Crippen LogP contribution is -2.23. The van der Waals surface area contributed by atoms with Crippen LogP contribution in [0.1, 0.15) is 23.7 Å². The molecule has 164 valence electrons. The first kappa shape index (κ1) is 21.2. The molecule has 0 saturated carbocycles. The van der Waals surface area contributed by atoms with Crippen molar-refractivity contribution in [1.29, 1.82) is 0 Å². The molecular formula is C22H21FN6O3. The molecule has 0 unspecified atom stereocenters. The molecular weight excluding hydrogens is 415 g/mol. The van der Waals surface area contributed by atoms with Gasteiger partial charge in [-0.3, -0.25) is 9.89 Å². The monoisotopic (exact) mass is 436 g/mol. The van der Waals surface area contributed by atoms with Crippen molar-refractivity contribution < 1.29 is 18.4 Å². The van der Waals surface area contributed by atoms with Gasteiger partial charge >= 0.3 is 0 Å². The number of H-pyrrole nitrogens is 1. The fraction of sp³-hybridized carbons (Fsp3) is 0.227. The average molecular weight is 436 g/mol. The molecule has 0 radical (unpaired) electrons. The van der Waals surface area contributed by atoms with E-state index in [1.54, 1.807) is 26.2 Å². The second-order valence-corrected chi connectivity index (χ2v) is 7.09. The number of rotatable bonds is 8. The van der Waals surface area contributed by atoms with Crippen LogP contribution in [0.2, 0.25) is 0 Å².